The van der Waals surface area contributed by atoms with E-state index < -0.39 is 0 Å². The Morgan fingerprint density at radius 1 is 1.54 bits per heavy atom. The number of aromatic nitrogens is 1. The van der Waals surface area contributed by atoms with E-state index in [-0.39, 0.29) is 11.5 Å². The van der Waals surface area contributed by atoms with Gasteiger partial charge in [-0.3, -0.25) is 0 Å². The van der Waals surface area contributed by atoms with E-state index in [1.807, 2.05) is 5.38 Å². The quantitative estimate of drug-likeness (QED) is 0.811. The molecule has 1 atom stereocenters. The summed E-state index contributed by atoms with van der Waals surface area (Å²) in [5, 5.41) is 12.5. The summed E-state index contributed by atoms with van der Waals surface area (Å²) in [6, 6.07) is 0. The lowest BCUT2D eigenvalue weighted by Gasteiger charge is -2.19. The Bertz CT molecular complexity index is 238. The van der Waals surface area contributed by atoms with Crippen LogP contribution >= 0.6 is 11.3 Å². The van der Waals surface area contributed by atoms with E-state index in [4.69, 9.17) is 0 Å². The molecule has 0 bridgehead atoms. The molecule has 0 aliphatic carbocycles. The van der Waals surface area contributed by atoms with Gasteiger partial charge in [-0.1, -0.05) is 20.8 Å². The summed E-state index contributed by atoms with van der Waals surface area (Å²) in [4.78, 5) is 4.09. The summed E-state index contributed by atoms with van der Waals surface area (Å²) in [7, 11) is 0. The molecule has 3 heteroatoms. The second-order valence-electron chi connectivity index (χ2n) is 4.49. The number of nitrogens with zero attached hydrogens (tertiary/aromatic N) is 1. The molecule has 0 radical (unpaired) electrons. The summed E-state index contributed by atoms with van der Waals surface area (Å²) in [5.74, 6) is 0. The first kappa shape index (κ1) is 10.7. The summed E-state index contributed by atoms with van der Waals surface area (Å²) < 4.78 is 0. The van der Waals surface area contributed by atoms with Crippen LogP contribution in [0.3, 0.4) is 0 Å². The third-order valence-corrected chi connectivity index (χ3v) is 2.78. The highest BCUT2D eigenvalue weighted by molar-refractivity contribution is 7.09. The molecule has 2 nitrogen and oxygen atoms in total. The molecule has 1 heterocycles. The van der Waals surface area contributed by atoms with Gasteiger partial charge >= 0.3 is 0 Å². The van der Waals surface area contributed by atoms with Crippen LogP contribution in [-0.2, 0) is 0 Å². The first-order valence-corrected chi connectivity index (χ1v) is 5.44. The average Bonchev–Trinajstić information content (AvgIpc) is 2.50. The second-order valence-corrected chi connectivity index (χ2v) is 5.41. The molecule has 1 N–H and O–H groups in total. The highest BCUT2D eigenvalue weighted by Gasteiger charge is 2.15. The van der Waals surface area contributed by atoms with Crippen molar-refractivity contribution < 1.29 is 5.11 Å². The molecular weight excluding hydrogens is 182 g/mol. The summed E-state index contributed by atoms with van der Waals surface area (Å²) in [5.41, 5.74) is 0.290. The largest absolute Gasteiger partial charge is 0.386 e. The van der Waals surface area contributed by atoms with Crippen LogP contribution in [0, 0.1) is 5.41 Å². The van der Waals surface area contributed by atoms with Gasteiger partial charge < -0.3 is 5.11 Å². The van der Waals surface area contributed by atoms with Crippen molar-refractivity contribution >= 4 is 11.3 Å². The Morgan fingerprint density at radius 2 is 2.23 bits per heavy atom. The number of aliphatic hydroxyl groups excluding tert-OH is 1. The maximum Gasteiger partial charge on any atom is 0.121 e. The number of aliphatic hydroxyl groups is 1. The molecule has 0 fully saturated rings. The molecular formula is C10H17NOS. The average molecular weight is 199 g/mol. The first-order chi connectivity index (χ1) is 5.99. The second kappa shape index (κ2) is 4.20. The SMILES string of the molecule is CC(C)(C)CCC(O)c1nccs1. The molecule has 74 valence electrons. The van der Waals surface area contributed by atoms with Crippen molar-refractivity contribution in [2.24, 2.45) is 5.41 Å². The fourth-order valence-electron chi connectivity index (χ4n) is 1.09. The van der Waals surface area contributed by atoms with Crippen LogP contribution in [-0.4, -0.2) is 10.1 Å². The molecule has 0 amide bonds. The fourth-order valence-corrected chi connectivity index (χ4v) is 1.75. The van der Waals surface area contributed by atoms with Crippen LogP contribution in [0.5, 0.6) is 0 Å². The Morgan fingerprint density at radius 3 is 2.69 bits per heavy atom. The predicted octanol–water partition coefficient (Wildman–Crippen LogP) is 3.00. The molecule has 1 aromatic rings. The summed E-state index contributed by atoms with van der Waals surface area (Å²) in [6.45, 7) is 6.55. The number of rotatable bonds is 3. The van der Waals surface area contributed by atoms with Crippen molar-refractivity contribution in [2.45, 2.75) is 39.7 Å². The zero-order chi connectivity index (χ0) is 9.90. The Labute approximate surface area is 83.6 Å². The summed E-state index contributed by atoms with van der Waals surface area (Å²) in [6.07, 6.45) is 3.18. The van der Waals surface area contributed by atoms with E-state index in [2.05, 4.69) is 25.8 Å². The third kappa shape index (κ3) is 3.87. The van der Waals surface area contributed by atoms with Crippen molar-refractivity contribution in [3.05, 3.63) is 16.6 Å². The molecule has 1 rings (SSSR count). The zero-order valence-electron chi connectivity index (χ0n) is 8.45. The standard InChI is InChI=1S/C10H17NOS/c1-10(2,3)5-4-8(12)9-11-6-7-13-9/h6-8,12H,4-5H2,1-3H3. The highest BCUT2D eigenvalue weighted by Crippen LogP contribution is 2.27. The van der Waals surface area contributed by atoms with Gasteiger partial charge in [0.25, 0.3) is 0 Å². The maximum absolute atomic E-state index is 9.72. The molecule has 13 heavy (non-hydrogen) atoms. The van der Waals surface area contributed by atoms with Crippen molar-refractivity contribution in [3.63, 3.8) is 0 Å². The van der Waals surface area contributed by atoms with Crippen molar-refractivity contribution in [2.75, 3.05) is 0 Å². The lowest BCUT2D eigenvalue weighted by Crippen LogP contribution is -2.07. The molecule has 0 aliphatic rings. The van der Waals surface area contributed by atoms with Gasteiger partial charge in [-0.25, -0.2) is 4.98 Å². The van der Waals surface area contributed by atoms with Crippen LogP contribution < -0.4 is 0 Å². The molecule has 0 aromatic carbocycles. The first-order valence-electron chi connectivity index (χ1n) is 4.56. The van der Waals surface area contributed by atoms with Gasteiger partial charge in [0.05, 0.1) is 0 Å². The molecule has 0 spiro atoms. The normalized spacial score (nSPS) is 14.5. The van der Waals surface area contributed by atoms with E-state index in [9.17, 15) is 5.11 Å². The molecule has 1 unspecified atom stereocenters. The third-order valence-electron chi connectivity index (χ3n) is 1.90. The number of hydrogen-bond donors (Lipinski definition) is 1. The van der Waals surface area contributed by atoms with Gasteiger partial charge in [-0.05, 0) is 18.3 Å². The van der Waals surface area contributed by atoms with Crippen molar-refractivity contribution in [1.29, 1.82) is 0 Å². The van der Waals surface area contributed by atoms with E-state index in [0.717, 1.165) is 17.8 Å². The monoisotopic (exact) mass is 199 g/mol. The van der Waals surface area contributed by atoms with Gasteiger partial charge in [0.1, 0.15) is 11.1 Å². The highest BCUT2D eigenvalue weighted by atomic mass is 32.1. The zero-order valence-corrected chi connectivity index (χ0v) is 9.27. The fraction of sp³-hybridized carbons (Fsp3) is 0.700. The molecule has 0 saturated heterocycles. The number of hydrogen-bond acceptors (Lipinski definition) is 3. The van der Waals surface area contributed by atoms with Crippen LogP contribution in [0.1, 0.15) is 44.7 Å². The molecule has 1 aromatic heterocycles. The van der Waals surface area contributed by atoms with Gasteiger partial charge in [-0.15, -0.1) is 11.3 Å². The van der Waals surface area contributed by atoms with Crippen molar-refractivity contribution in [3.8, 4) is 0 Å². The molecule has 0 saturated carbocycles. The van der Waals surface area contributed by atoms with Crippen LogP contribution in [0.2, 0.25) is 0 Å². The van der Waals surface area contributed by atoms with E-state index >= 15 is 0 Å². The van der Waals surface area contributed by atoms with Crippen LogP contribution in [0.4, 0.5) is 0 Å². The van der Waals surface area contributed by atoms with Crippen molar-refractivity contribution in [1.82, 2.24) is 4.98 Å². The Balaban J connectivity index is 2.39. The minimum Gasteiger partial charge on any atom is -0.386 e. The van der Waals surface area contributed by atoms with Gasteiger partial charge in [0.15, 0.2) is 0 Å². The Hall–Kier alpha value is -0.410. The van der Waals surface area contributed by atoms with E-state index in [1.54, 1.807) is 6.20 Å². The lowest BCUT2D eigenvalue weighted by atomic mass is 9.89. The minimum absolute atomic E-state index is 0.290. The predicted molar refractivity (Wildman–Crippen MR) is 55.8 cm³/mol. The number of thiazole rings is 1. The summed E-state index contributed by atoms with van der Waals surface area (Å²) >= 11 is 1.52. The lowest BCUT2D eigenvalue weighted by molar-refractivity contribution is 0.147. The topological polar surface area (TPSA) is 33.1 Å². The van der Waals surface area contributed by atoms with Gasteiger partial charge in [0, 0.05) is 11.6 Å². The van der Waals surface area contributed by atoms with Crippen LogP contribution in [0.15, 0.2) is 11.6 Å². The smallest absolute Gasteiger partial charge is 0.121 e. The maximum atomic E-state index is 9.72. The van der Waals surface area contributed by atoms with Crippen LogP contribution in [0.25, 0.3) is 0 Å². The molecule has 0 aliphatic heterocycles. The van der Waals surface area contributed by atoms with E-state index in [0.29, 0.717) is 0 Å². The van der Waals surface area contributed by atoms with Gasteiger partial charge in [-0.2, -0.15) is 0 Å². The van der Waals surface area contributed by atoms with Gasteiger partial charge in [0.2, 0.25) is 0 Å². The minimum atomic E-state index is -0.376. The Kier molecular flexibility index (Phi) is 3.45. The van der Waals surface area contributed by atoms with E-state index in [1.165, 1.54) is 11.3 Å².